The topological polar surface area (TPSA) is 82.1 Å². The average molecular weight is 458 g/mol. The van der Waals surface area contributed by atoms with Gasteiger partial charge in [0, 0.05) is 13.6 Å². The zero-order chi connectivity index (χ0) is 25.2. The zero-order valence-electron chi connectivity index (χ0n) is 22.1. The number of ether oxygens (including phenoxy) is 3. The predicted octanol–water partition coefficient (Wildman–Crippen LogP) is 5.88. The van der Waals surface area contributed by atoms with Crippen LogP contribution in [0.5, 0.6) is 0 Å². The van der Waals surface area contributed by atoms with Crippen molar-refractivity contribution in [2.75, 3.05) is 13.6 Å². The molecule has 32 heavy (non-hydrogen) atoms. The molecule has 0 heterocycles. The van der Waals surface area contributed by atoms with Gasteiger partial charge < -0.3 is 19.1 Å². The molecule has 0 aromatic heterocycles. The fraction of sp³-hybridized carbons (Fsp3) is 0.880. The molecule has 0 aliphatic heterocycles. The number of unbranched alkanes of at least 4 members (excludes halogenated alkanes) is 4. The van der Waals surface area contributed by atoms with Gasteiger partial charge in [-0.05, 0) is 75.2 Å². The SMILES string of the molecule is CN(CCCCCCC[C@H](CC(=O)OC(C)(C)C)C(=O)OC(C)(C)C)C(=O)OC(C)(C)C. The third-order valence-electron chi connectivity index (χ3n) is 4.32. The van der Waals surface area contributed by atoms with Gasteiger partial charge in [-0.15, -0.1) is 0 Å². The Labute approximate surface area is 195 Å². The summed E-state index contributed by atoms with van der Waals surface area (Å²) in [6.45, 7) is 17.1. The molecule has 0 spiro atoms. The minimum atomic E-state index is -0.594. The molecule has 0 unspecified atom stereocenters. The van der Waals surface area contributed by atoms with Crippen LogP contribution in [-0.4, -0.2) is 53.3 Å². The van der Waals surface area contributed by atoms with Crippen molar-refractivity contribution in [1.29, 1.82) is 0 Å². The third-order valence-corrected chi connectivity index (χ3v) is 4.32. The van der Waals surface area contributed by atoms with Crippen LogP contribution in [0.4, 0.5) is 4.79 Å². The summed E-state index contributed by atoms with van der Waals surface area (Å²) in [7, 11) is 1.75. The number of rotatable bonds is 11. The lowest BCUT2D eigenvalue weighted by atomic mass is 9.96. The molecule has 7 nitrogen and oxygen atoms in total. The summed E-state index contributed by atoms with van der Waals surface area (Å²) in [5, 5.41) is 0. The zero-order valence-corrected chi connectivity index (χ0v) is 22.1. The summed E-state index contributed by atoms with van der Waals surface area (Å²) in [6, 6.07) is 0. The molecular formula is C25H47NO6. The number of carbonyl (C=O) groups excluding carboxylic acids is 3. The first kappa shape index (κ1) is 30.2. The number of carbonyl (C=O) groups is 3. The molecule has 0 saturated carbocycles. The first-order valence-corrected chi connectivity index (χ1v) is 11.8. The highest BCUT2D eigenvalue weighted by Gasteiger charge is 2.29. The van der Waals surface area contributed by atoms with E-state index in [1.165, 1.54) is 0 Å². The van der Waals surface area contributed by atoms with Gasteiger partial charge in [-0.3, -0.25) is 9.59 Å². The monoisotopic (exact) mass is 457 g/mol. The molecule has 0 N–H and O–H groups in total. The first-order chi connectivity index (χ1) is 14.4. The van der Waals surface area contributed by atoms with Crippen molar-refractivity contribution in [3.8, 4) is 0 Å². The molecule has 1 atom stereocenters. The third kappa shape index (κ3) is 16.8. The minimum Gasteiger partial charge on any atom is -0.460 e. The van der Waals surface area contributed by atoms with Gasteiger partial charge in [0.2, 0.25) is 0 Å². The molecule has 0 bridgehead atoms. The molecule has 0 aromatic carbocycles. The van der Waals surface area contributed by atoms with E-state index in [2.05, 4.69) is 0 Å². The Hall–Kier alpha value is -1.79. The fourth-order valence-corrected chi connectivity index (χ4v) is 2.97. The van der Waals surface area contributed by atoms with Crippen LogP contribution in [-0.2, 0) is 23.8 Å². The van der Waals surface area contributed by atoms with Crippen molar-refractivity contribution in [3.05, 3.63) is 0 Å². The van der Waals surface area contributed by atoms with Crippen LogP contribution in [0.2, 0.25) is 0 Å². The molecule has 0 aliphatic carbocycles. The van der Waals surface area contributed by atoms with Gasteiger partial charge in [-0.2, -0.15) is 0 Å². The van der Waals surface area contributed by atoms with Crippen LogP contribution in [0.25, 0.3) is 0 Å². The highest BCUT2D eigenvalue weighted by atomic mass is 16.6. The number of nitrogens with zero attached hydrogens (tertiary/aromatic N) is 1. The molecule has 188 valence electrons. The molecule has 0 rings (SSSR count). The van der Waals surface area contributed by atoms with E-state index in [1.807, 2.05) is 62.3 Å². The van der Waals surface area contributed by atoms with Crippen molar-refractivity contribution < 1.29 is 28.6 Å². The van der Waals surface area contributed by atoms with Crippen molar-refractivity contribution in [2.45, 2.75) is 124 Å². The lowest BCUT2D eigenvalue weighted by Crippen LogP contribution is -2.34. The molecule has 0 radical (unpaired) electrons. The smallest absolute Gasteiger partial charge is 0.410 e. The Balaban J connectivity index is 4.42. The number of hydrogen-bond donors (Lipinski definition) is 0. The summed E-state index contributed by atoms with van der Waals surface area (Å²) in [5.74, 6) is -1.22. The maximum Gasteiger partial charge on any atom is 0.410 e. The second kappa shape index (κ2) is 13.0. The van der Waals surface area contributed by atoms with Gasteiger partial charge in [0.1, 0.15) is 16.8 Å². The van der Waals surface area contributed by atoms with Gasteiger partial charge in [0.15, 0.2) is 0 Å². The number of esters is 2. The quantitative estimate of drug-likeness (QED) is 0.219. The Morgan fingerprint density at radius 2 is 1.16 bits per heavy atom. The fourth-order valence-electron chi connectivity index (χ4n) is 2.97. The largest absolute Gasteiger partial charge is 0.460 e. The second-order valence-corrected chi connectivity index (χ2v) is 11.5. The van der Waals surface area contributed by atoms with E-state index in [1.54, 1.807) is 11.9 Å². The first-order valence-electron chi connectivity index (χ1n) is 11.8. The van der Waals surface area contributed by atoms with E-state index < -0.39 is 22.7 Å². The summed E-state index contributed by atoms with van der Waals surface area (Å²) in [4.78, 5) is 38.4. The van der Waals surface area contributed by atoms with Crippen molar-refractivity contribution >= 4 is 18.0 Å². The molecule has 0 aliphatic rings. The van der Waals surface area contributed by atoms with Crippen LogP contribution in [0.15, 0.2) is 0 Å². The lowest BCUT2D eigenvalue weighted by Gasteiger charge is -2.25. The lowest BCUT2D eigenvalue weighted by molar-refractivity contribution is -0.167. The van der Waals surface area contributed by atoms with Crippen LogP contribution in [0, 0.1) is 5.92 Å². The number of hydrogen-bond acceptors (Lipinski definition) is 6. The number of amides is 1. The Morgan fingerprint density at radius 1 is 0.688 bits per heavy atom. The van der Waals surface area contributed by atoms with Gasteiger partial charge in [-0.25, -0.2) is 4.79 Å². The minimum absolute atomic E-state index is 0.0346. The van der Waals surface area contributed by atoms with E-state index in [9.17, 15) is 14.4 Å². The average Bonchev–Trinajstić information content (AvgIpc) is 2.54. The summed E-state index contributed by atoms with van der Waals surface area (Å²) in [5.41, 5.74) is -1.67. The summed E-state index contributed by atoms with van der Waals surface area (Å²) in [6.07, 6.45) is 4.96. The Kier molecular flexibility index (Phi) is 12.3. The highest BCUT2D eigenvalue weighted by molar-refractivity contribution is 5.80. The Bertz CT molecular complexity index is 595. The van der Waals surface area contributed by atoms with Crippen LogP contribution in [0.1, 0.15) is 107 Å². The molecule has 1 amide bonds. The van der Waals surface area contributed by atoms with Gasteiger partial charge in [0.25, 0.3) is 0 Å². The molecule has 0 fully saturated rings. The summed E-state index contributed by atoms with van der Waals surface area (Å²) < 4.78 is 16.2. The van der Waals surface area contributed by atoms with Crippen LogP contribution >= 0.6 is 0 Å². The van der Waals surface area contributed by atoms with E-state index in [0.717, 1.165) is 32.1 Å². The summed E-state index contributed by atoms with van der Waals surface area (Å²) >= 11 is 0. The normalized spacial score (nSPS) is 13.3. The van der Waals surface area contributed by atoms with E-state index >= 15 is 0 Å². The highest BCUT2D eigenvalue weighted by Crippen LogP contribution is 2.22. The molecular weight excluding hydrogens is 410 g/mol. The van der Waals surface area contributed by atoms with Crippen molar-refractivity contribution in [1.82, 2.24) is 4.90 Å². The standard InChI is InChI=1S/C25H47NO6/c1-23(2,3)30-20(27)18-19(21(28)31-24(4,5)6)16-14-12-11-13-15-17-26(10)22(29)32-25(7,8)9/h19H,11-18H2,1-10H3/t19-/m1/s1. The molecule has 0 saturated heterocycles. The van der Waals surface area contributed by atoms with Crippen LogP contribution < -0.4 is 0 Å². The Morgan fingerprint density at radius 3 is 1.66 bits per heavy atom. The molecule has 7 heteroatoms. The predicted molar refractivity (Wildman–Crippen MR) is 126 cm³/mol. The van der Waals surface area contributed by atoms with Crippen molar-refractivity contribution in [2.24, 2.45) is 5.92 Å². The van der Waals surface area contributed by atoms with E-state index in [0.29, 0.717) is 13.0 Å². The van der Waals surface area contributed by atoms with E-state index in [-0.39, 0.29) is 24.5 Å². The van der Waals surface area contributed by atoms with Crippen molar-refractivity contribution in [3.63, 3.8) is 0 Å². The molecule has 0 aromatic rings. The van der Waals surface area contributed by atoms with Gasteiger partial charge >= 0.3 is 18.0 Å². The second-order valence-electron chi connectivity index (χ2n) is 11.5. The van der Waals surface area contributed by atoms with E-state index in [4.69, 9.17) is 14.2 Å². The maximum absolute atomic E-state index is 12.6. The van der Waals surface area contributed by atoms with Gasteiger partial charge in [0.05, 0.1) is 12.3 Å². The van der Waals surface area contributed by atoms with Crippen LogP contribution in [0.3, 0.4) is 0 Å². The maximum atomic E-state index is 12.6. The van der Waals surface area contributed by atoms with Gasteiger partial charge in [-0.1, -0.05) is 25.7 Å².